The maximum atomic E-state index is 12.4. The van der Waals surface area contributed by atoms with Crippen molar-refractivity contribution in [2.45, 2.75) is 58.9 Å². The molecule has 36 heavy (non-hydrogen) atoms. The van der Waals surface area contributed by atoms with E-state index >= 15 is 0 Å². The zero-order valence-corrected chi connectivity index (χ0v) is 23.5. The minimum Gasteiger partial charge on any atom is -0.507 e. The van der Waals surface area contributed by atoms with Crippen molar-refractivity contribution in [2.24, 2.45) is 5.10 Å². The van der Waals surface area contributed by atoms with Gasteiger partial charge in [0, 0.05) is 30.8 Å². The van der Waals surface area contributed by atoms with Crippen molar-refractivity contribution in [1.29, 1.82) is 0 Å². The lowest BCUT2D eigenvalue weighted by molar-refractivity contribution is -0.121. The Kier molecular flexibility index (Phi) is 10.1. The van der Waals surface area contributed by atoms with Crippen LogP contribution in [0.25, 0.3) is 0 Å². The summed E-state index contributed by atoms with van der Waals surface area (Å²) in [7, 11) is 5.64. The summed E-state index contributed by atoms with van der Waals surface area (Å²) in [5.41, 5.74) is 6.07. The molecule has 0 aliphatic carbocycles. The van der Waals surface area contributed by atoms with Crippen LogP contribution in [0.5, 0.6) is 11.5 Å². The van der Waals surface area contributed by atoms with Crippen molar-refractivity contribution in [2.75, 3.05) is 40.8 Å². The van der Waals surface area contributed by atoms with Crippen LogP contribution < -0.4 is 10.2 Å². The van der Waals surface area contributed by atoms with Crippen LogP contribution in [0, 0.1) is 0 Å². The first kappa shape index (κ1) is 29.3. The van der Waals surface area contributed by atoms with Crippen molar-refractivity contribution < 1.29 is 14.6 Å². The van der Waals surface area contributed by atoms with Crippen LogP contribution in [0.15, 0.2) is 41.5 Å². The number of rotatable bonds is 10. The number of hydrogen-bond acceptors (Lipinski definition) is 6. The van der Waals surface area contributed by atoms with Gasteiger partial charge in [0.15, 0.2) is 0 Å². The number of aromatic hydroxyl groups is 1. The highest BCUT2D eigenvalue weighted by Gasteiger charge is 2.24. The molecule has 7 heteroatoms. The number of hydrogen-bond donors (Lipinski definition) is 2. The highest BCUT2D eigenvalue weighted by atomic mass is 16.5. The second-order valence-corrected chi connectivity index (χ2v) is 11.6. The predicted octanol–water partition coefficient (Wildman–Crippen LogP) is 4.51. The van der Waals surface area contributed by atoms with E-state index < -0.39 is 0 Å². The lowest BCUT2D eigenvalue weighted by Gasteiger charge is -2.26. The molecule has 0 fully saturated rings. The van der Waals surface area contributed by atoms with E-state index in [0.29, 0.717) is 5.56 Å². The zero-order chi connectivity index (χ0) is 27.1. The SMILES string of the molecule is COc1ccc(CN(C)CCN(C)CC(=O)N/N=C/c2cc(C(C)(C)C)cc(C(C)(C)C)c2O)cc1. The fraction of sp³-hybridized carbons (Fsp3) is 0.517. The number of carbonyl (C=O) groups excluding carboxylic acids is 1. The van der Waals surface area contributed by atoms with Crippen molar-refractivity contribution >= 4 is 12.1 Å². The van der Waals surface area contributed by atoms with Gasteiger partial charge in [0.25, 0.3) is 5.91 Å². The number of amides is 1. The Morgan fingerprint density at radius 1 is 1.00 bits per heavy atom. The Balaban J connectivity index is 1.91. The van der Waals surface area contributed by atoms with Crippen molar-refractivity contribution in [3.8, 4) is 11.5 Å². The molecule has 0 radical (unpaired) electrons. The number of ether oxygens (including phenoxy) is 1. The van der Waals surface area contributed by atoms with E-state index in [1.54, 1.807) is 7.11 Å². The van der Waals surface area contributed by atoms with Crippen LogP contribution in [0.3, 0.4) is 0 Å². The molecule has 0 saturated heterocycles. The van der Waals surface area contributed by atoms with E-state index in [9.17, 15) is 9.90 Å². The second kappa shape index (κ2) is 12.4. The molecule has 7 nitrogen and oxygen atoms in total. The largest absolute Gasteiger partial charge is 0.507 e. The molecule has 2 aromatic rings. The van der Waals surface area contributed by atoms with Gasteiger partial charge >= 0.3 is 0 Å². The number of nitrogens with one attached hydrogen (secondary N) is 1. The number of nitrogens with zero attached hydrogens (tertiary/aromatic N) is 3. The highest BCUT2D eigenvalue weighted by molar-refractivity contribution is 5.86. The second-order valence-electron chi connectivity index (χ2n) is 11.6. The number of likely N-dealkylation sites (N-methyl/N-ethyl adjacent to an activating group) is 2. The molecule has 2 rings (SSSR count). The van der Waals surface area contributed by atoms with E-state index in [1.165, 1.54) is 11.8 Å². The summed E-state index contributed by atoms with van der Waals surface area (Å²) in [6.07, 6.45) is 1.53. The van der Waals surface area contributed by atoms with Gasteiger partial charge in [-0.25, -0.2) is 5.43 Å². The summed E-state index contributed by atoms with van der Waals surface area (Å²) in [5, 5.41) is 15.0. The Labute approximate surface area is 217 Å². The lowest BCUT2D eigenvalue weighted by Crippen LogP contribution is -2.37. The average Bonchev–Trinajstić information content (AvgIpc) is 2.77. The number of carbonyl (C=O) groups is 1. The summed E-state index contributed by atoms with van der Waals surface area (Å²) in [4.78, 5) is 16.6. The van der Waals surface area contributed by atoms with Gasteiger partial charge in [-0.3, -0.25) is 9.69 Å². The fourth-order valence-corrected chi connectivity index (χ4v) is 3.76. The van der Waals surface area contributed by atoms with Crippen LogP contribution >= 0.6 is 0 Å². The molecule has 198 valence electrons. The van der Waals surface area contributed by atoms with Crippen LogP contribution in [-0.4, -0.2) is 67.9 Å². The monoisotopic (exact) mass is 496 g/mol. The molecular formula is C29H44N4O3. The molecule has 0 heterocycles. The number of phenolic OH excluding ortho intramolecular Hbond substituents is 1. The van der Waals surface area contributed by atoms with Gasteiger partial charge in [-0.1, -0.05) is 59.7 Å². The highest BCUT2D eigenvalue weighted by Crippen LogP contribution is 2.37. The Morgan fingerprint density at radius 3 is 2.17 bits per heavy atom. The summed E-state index contributed by atoms with van der Waals surface area (Å²) >= 11 is 0. The lowest BCUT2D eigenvalue weighted by atomic mass is 9.79. The third-order valence-electron chi connectivity index (χ3n) is 6.09. The first-order chi connectivity index (χ1) is 16.7. The molecule has 0 bridgehead atoms. The topological polar surface area (TPSA) is 77.4 Å². The molecule has 0 unspecified atom stereocenters. The smallest absolute Gasteiger partial charge is 0.254 e. The Hall–Kier alpha value is -2.90. The standard InChI is InChI=1S/C29H44N4O3/c1-28(2,3)23-16-22(27(35)25(17-23)29(4,5)6)18-30-31-26(34)20-33(8)15-14-32(7)19-21-10-12-24(36-9)13-11-21/h10-13,16-18,35H,14-15,19-20H2,1-9H3,(H,31,34)/b30-18+. The minimum absolute atomic E-state index is 0.0806. The molecule has 1 amide bonds. The molecule has 0 saturated carbocycles. The fourth-order valence-electron chi connectivity index (χ4n) is 3.76. The third kappa shape index (κ3) is 8.95. The molecule has 0 atom stereocenters. The van der Waals surface area contributed by atoms with Crippen LogP contribution in [-0.2, 0) is 22.2 Å². The first-order valence-corrected chi connectivity index (χ1v) is 12.4. The van der Waals surface area contributed by atoms with Gasteiger partial charge < -0.3 is 14.7 Å². The van der Waals surface area contributed by atoms with Crippen LogP contribution in [0.4, 0.5) is 0 Å². The van der Waals surface area contributed by atoms with E-state index in [4.69, 9.17) is 4.74 Å². The number of phenols is 1. The summed E-state index contributed by atoms with van der Waals surface area (Å²) in [5.74, 6) is 0.848. The van der Waals surface area contributed by atoms with Crippen molar-refractivity contribution in [3.05, 3.63) is 58.7 Å². The van der Waals surface area contributed by atoms with Gasteiger partial charge in [-0.05, 0) is 54.3 Å². The third-order valence-corrected chi connectivity index (χ3v) is 6.09. The minimum atomic E-state index is -0.222. The summed E-state index contributed by atoms with van der Waals surface area (Å²) < 4.78 is 5.21. The molecule has 2 N–H and O–H groups in total. The normalized spacial score (nSPS) is 12.5. The number of methoxy groups -OCH3 is 1. The van der Waals surface area contributed by atoms with Crippen LogP contribution in [0.1, 0.15) is 63.8 Å². The average molecular weight is 497 g/mol. The van der Waals surface area contributed by atoms with Gasteiger partial charge in [0.1, 0.15) is 11.5 Å². The first-order valence-electron chi connectivity index (χ1n) is 12.4. The quantitative estimate of drug-likeness (QED) is 0.374. The molecule has 2 aromatic carbocycles. The number of hydrazone groups is 1. The molecule has 0 aliphatic rings. The molecule has 0 spiro atoms. The number of benzene rings is 2. The zero-order valence-electron chi connectivity index (χ0n) is 23.5. The summed E-state index contributed by atoms with van der Waals surface area (Å²) in [6.45, 7) is 15.2. The molecule has 0 aliphatic heterocycles. The van der Waals surface area contributed by atoms with Gasteiger partial charge in [0.05, 0.1) is 19.9 Å². The van der Waals surface area contributed by atoms with E-state index in [-0.39, 0.29) is 29.0 Å². The van der Waals surface area contributed by atoms with Crippen LogP contribution in [0.2, 0.25) is 0 Å². The maximum absolute atomic E-state index is 12.4. The van der Waals surface area contributed by atoms with E-state index in [0.717, 1.165) is 36.5 Å². The van der Waals surface area contributed by atoms with Crippen molar-refractivity contribution in [1.82, 2.24) is 15.2 Å². The Bertz CT molecular complexity index is 1030. The van der Waals surface area contributed by atoms with Crippen molar-refractivity contribution in [3.63, 3.8) is 0 Å². The van der Waals surface area contributed by atoms with E-state index in [1.807, 2.05) is 30.1 Å². The van der Waals surface area contributed by atoms with Gasteiger partial charge in [-0.2, -0.15) is 5.10 Å². The summed E-state index contributed by atoms with van der Waals surface area (Å²) in [6, 6.07) is 12.0. The van der Waals surface area contributed by atoms with Gasteiger partial charge in [-0.15, -0.1) is 0 Å². The Morgan fingerprint density at radius 2 is 1.61 bits per heavy atom. The maximum Gasteiger partial charge on any atom is 0.254 e. The molecule has 0 aromatic heterocycles. The predicted molar refractivity (Wildman–Crippen MR) is 148 cm³/mol. The van der Waals surface area contributed by atoms with E-state index in [2.05, 4.69) is 82.2 Å². The van der Waals surface area contributed by atoms with Gasteiger partial charge in [0.2, 0.25) is 0 Å². The molecular weight excluding hydrogens is 452 g/mol.